The minimum Gasteiger partial charge on any atom is -0.494 e. The summed E-state index contributed by atoms with van der Waals surface area (Å²) < 4.78 is 20.8. The molecule has 2 rings (SSSR count). The lowest BCUT2D eigenvalue weighted by molar-refractivity contribution is 0.386. The van der Waals surface area contributed by atoms with Gasteiger partial charge in [0.15, 0.2) is 11.6 Å². The van der Waals surface area contributed by atoms with Crippen LogP contribution in [0.15, 0.2) is 18.2 Å². The Kier molecular flexibility index (Phi) is 4.83. The molecule has 0 radical (unpaired) electrons. The summed E-state index contributed by atoms with van der Waals surface area (Å²) >= 11 is 0. The first-order chi connectivity index (χ1) is 10.1. The maximum atomic E-state index is 13.9. The van der Waals surface area contributed by atoms with Crippen LogP contribution in [-0.4, -0.2) is 16.7 Å². The highest BCUT2D eigenvalue weighted by Gasteiger charge is 2.16. The predicted molar refractivity (Wildman–Crippen MR) is 82.9 cm³/mol. The molecule has 2 aromatic rings. The average molecular weight is 291 g/mol. The van der Waals surface area contributed by atoms with E-state index in [9.17, 15) is 4.39 Å². The topological polar surface area (TPSA) is 53.1 Å². The summed E-state index contributed by atoms with van der Waals surface area (Å²) in [5.41, 5.74) is 7.54. The fourth-order valence-electron chi connectivity index (χ4n) is 2.38. The van der Waals surface area contributed by atoms with Crippen molar-refractivity contribution in [2.24, 2.45) is 0 Å². The number of anilines is 1. The molecule has 0 spiro atoms. The molecule has 1 aromatic carbocycles. The molecular formula is C16H22FN3O. The molecular weight excluding hydrogens is 269 g/mol. The molecule has 21 heavy (non-hydrogen) atoms. The molecule has 1 aromatic heterocycles. The Balaban J connectivity index is 2.44. The molecule has 4 nitrogen and oxygen atoms in total. The summed E-state index contributed by atoms with van der Waals surface area (Å²) in [6, 6.07) is 4.80. The van der Waals surface area contributed by atoms with Crippen LogP contribution < -0.4 is 10.5 Å². The number of rotatable bonds is 6. The van der Waals surface area contributed by atoms with Gasteiger partial charge in [-0.25, -0.2) is 9.37 Å². The van der Waals surface area contributed by atoms with E-state index in [1.54, 1.807) is 12.1 Å². The molecule has 2 N–H and O–H groups in total. The fourth-order valence-corrected chi connectivity index (χ4v) is 2.38. The van der Waals surface area contributed by atoms with Gasteiger partial charge in [-0.1, -0.05) is 20.3 Å². The SMILES string of the molecule is CCCCn1c(CC)nc(-c2ccc(OC)c(F)c2)c1N. The maximum absolute atomic E-state index is 13.9. The van der Waals surface area contributed by atoms with Crippen LogP contribution in [0, 0.1) is 5.82 Å². The molecule has 0 unspecified atom stereocenters. The van der Waals surface area contributed by atoms with E-state index in [4.69, 9.17) is 10.5 Å². The minimum atomic E-state index is -0.407. The van der Waals surface area contributed by atoms with Crippen LogP contribution >= 0.6 is 0 Å². The van der Waals surface area contributed by atoms with Crippen LogP contribution in [0.2, 0.25) is 0 Å². The Labute approximate surface area is 124 Å². The number of ether oxygens (including phenoxy) is 1. The smallest absolute Gasteiger partial charge is 0.165 e. The number of halogens is 1. The Morgan fingerprint density at radius 1 is 1.33 bits per heavy atom. The lowest BCUT2D eigenvalue weighted by atomic mass is 10.1. The summed E-state index contributed by atoms with van der Waals surface area (Å²) in [7, 11) is 1.45. The lowest BCUT2D eigenvalue weighted by Gasteiger charge is -2.08. The first kappa shape index (κ1) is 15.4. The van der Waals surface area contributed by atoms with E-state index < -0.39 is 5.82 Å². The average Bonchev–Trinajstić information content (AvgIpc) is 2.81. The van der Waals surface area contributed by atoms with Crippen LogP contribution in [0.5, 0.6) is 5.75 Å². The zero-order chi connectivity index (χ0) is 15.4. The van der Waals surface area contributed by atoms with E-state index in [0.29, 0.717) is 17.1 Å². The summed E-state index contributed by atoms with van der Waals surface area (Å²) in [5, 5.41) is 0. The predicted octanol–water partition coefficient (Wildman–Crippen LogP) is 3.64. The summed E-state index contributed by atoms with van der Waals surface area (Å²) in [5.74, 6) is 1.35. The number of imidazole rings is 1. The quantitative estimate of drug-likeness (QED) is 0.884. The maximum Gasteiger partial charge on any atom is 0.165 e. The van der Waals surface area contributed by atoms with Crippen molar-refractivity contribution in [2.45, 2.75) is 39.7 Å². The van der Waals surface area contributed by atoms with Gasteiger partial charge in [0.2, 0.25) is 0 Å². The van der Waals surface area contributed by atoms with Crippen molar-refractivity contribution in [3.63, 3.8) is 0 Å². The highest BCUT2D eigenvalue weighted by atomic mass is 19.1. The second-order valence-electron chi connectivity index (χ2n) is 4.97. The van der Waals surface area contributed by atoms with Gasteiger partial charge < -0.3 is 15.0 Å². The van der Waals surface area contributed by atoms with Gasteiger partial charge in [-0.3, -0.25) is 0 Å². The summed E-state index contributed by atoms with van der Waals surface area (Å²) in [6.45, 7) is 5.03. The van der Waals surface area contributed by atoms with Gasteiger partial charge in [0.1, 0.15) is 17.3 Å². The number of benzene rings is 1. The molecule has 0 bridgehead atoms. The Morgan fingerprint density at radius 3 is 2.67 bits per heavy atom. The van der Waals surface area contributed by atoms with Gasteiger partial charge in [0.25, 0.3) is 0 Å². The molecule has 0 saturated heterocycles. The van der Waals surface area contributed by atoms with Crippen molar-refractivity contribution >= 4 is 5.82 Å². The van der Waals surface area contributed by atoms with E-state index in [0.717, 1.165) is 31.6 Å². The normalized spacial score (nSPS) is 10.9. The number of unbranched alkanes of at least 4 members (excludes halogenated alkanes) is 1. The fraction of sp³-hybridized carbons (Fsp3) is 0.438. The number of aromatic nitrogens is 2. The third-order valence-corrected chi connectivity index (χ3v) is 3.56. The third kappa shape index (κ3) is 3.01. The van der Waals surface area contributed by atoms with Crippen LogP contribution in [-0.2, 0) is 13.0 Å². The van der Waals surface area contributed by atoms with E-state index >= 15 is 0 Å². The number of nitrogen functional groups attached to an aromatic ring is 1. The van der Waals surface area contributed by atoms with Crippen molar-refractivity contribution in [2.75, 3.05) is 12.8 Å². The minimum absolute atomic E-state index is 0.221. The Hall–Kier alpha value is -2.04. The van der Waals surface area contributed by atoms with Crippen LogP contribution in [0.4, 0.5) is 10.2 Å². The van der Waals surface area contributed by atoms with Crippen molar-refractivity contribution in [3.05, 3.63) is 29.8 Å². The van der Waals surface area contributed by atoms with Gasteiger partial charge in [-0.2, -0.15) is 0 Å². The van der Waals surface area contributed by atoms with E-state index in [-0.39, 0.29) is 5.75 Å². The van der Waals surface area contributed by atoms with Crippen molar-refractivity contribution in [1.82, 2.24) is 9.55 Å². The molecule has 0 atom stereocenters. The number of nitrogens with two attached hydrogens (primary N) is 1. The molecule has 0 aliphatic carbocycles. The number of hydrogen-bond donors (Lipinski definition) is 1. The zero-order valence-corrected chi connectivity index (χ0v) is 12.8. The van der Waals surface area contributed by atoms with Crippen molar-refractivity contribution < 1.29 is 9.13 Å². The first-order valence-corrected chi connectivity index (χ1v) is 7.31. The first-order valence-electron chi connectivity index (χ1n) is 7.31. The molecule has 5 heteroatoms. The van der Waals surface area contributed by atoms with Crippen molar-refractivity contribution in [3.8, 4) is 17.0 Å². The number of hydrogen-bond acceptors (Lipinski definition) is 3. The van der Waals surface area contributed by atoms with E-state index in [1.807, 2.05) is 11.5 Å². The number of nitrogens with zero attached hydrogens (tertiary/aromatic N) is 2. The Bertz CT molecular complexity index is 622. The van der Waals surface area contributed by atoms with Gasteiger partial charge >= 0.3 is 0 Å². The van der Waals surface area contributed by atoms with E-state index in [1.165, 1.54) is 13.2 Å². The second kappa shape index (κ2) is 6.61. The monoisotopic (exact) mass is 291 g/mol. The van der Waals surface area contributed by atoms with Gasteiger partial charge in [0.05, 0.1) is 7.11 Å². The third-order valence-electron chi connectivity index (χ3n) is 3.56. The zero-order valence-electron chi connectivity index (χ0n) is 12.8. The molecule has 0 fully saturated rings. The summed E-state index contributed by atoms with van der Waals surface area (Å²) in [6.07, 6.45) is 2.93. The molecule has 1 heterocycles. The van der Waals surface area contributed by atoms with Gasteiger partial charge in [-0.15, -0.1) is 0 Å². The van der Waals surface area contributed by atoms with Crippen LogP contribution in [0.25, 0.3) is 11.3 Å². The summed E-state index contributed by atoms with van der Waals surface area (Å²) in [4.78, 5) is 4.58. The molecule has 0 aliphatic heterocycles. The number of aryl methyl sites for hydroxylation is 1. The Morgan fingerprint density at radius 2 is 2.10 bits per heavy atom. The van der Waals surface area contributed by atoms with Gasteiger partial charge in [-0.05, 0) is 24.6 Å². The number of methoxy groups -OCH3 is 1. The largest absolute Gasteiger partial charge is 0.494 e. The van der Waals surface area contributed by atoms with E-state index in [2.05, 4.69) is 11.9 Å². The second-order valence-corrected chi connectivity index (χ2v) is 4.97. The molecule has 0 aliphatic rings. The molecule has 114 valence electrons. The molecule has 0 amide bonds. The van der Waals surface area contributed by atoms with Gasteiger partial charge in [0, 0.05) is 18.5 Å². The van der Waals surface area contributed by atoms with Crippen LogP contribution in [0.3, 0.4) is 0 Å². The highest BCUT2D eigenvalue weighted by Crippen LogP contribution is 2.30. The van der Waals surface area contributed by atoms with Crippen molar-refractivity contribution in [1.29, 1.82) is 0 Å². The van der Waals surface area contributed by atoms with Crippen LogP contribution in [0.1, 0.15) is 32.5 Å². The molecule has 0 saturated carbocycles. The highest BCUT2D eigenvalue weighted by molar-refractivity contribution is 5.71. The standard InChI is InChI=1S/C16H22FN3O/c1-4-6-9-20-14(5-2)19-15(16(20)18)11-7-8-13(21-3)12(17)10-11/h7-8,10H,4-6,9,18H2,1-3H3. The lowest BCUT2D eigenvalue weighted by Crippen LogP contribution is -2.06.